The van der Waals surface area contributed by atoms with Gasteiger partial charge in [-0.25, -0.2) is 0 Å². The average molecular weight is 158 g/mol. The Morgan fingerprint density at radius 3 is 2.00 bits per heavy atom. The van der Waals surface area contributed by atoms with Crippen LogP contribution in [0.1, 0.15) is 40.5 Å². The predicted molar refractivity (Wildman–Crippen MR) is 44.2 cm³/mol. The van der Waals surface area contributed by atoms with E-state index in [0.717, 1.165) is 12.8 Å². The first kappa shape index (κ1) is 9.01. The second-order valence-corrected chi connectivity index (χ2v) is 4.24. The maximum absolute atomic E-state index is 9.56. The van der Waals surface area contributed by atoms with Gasteiger partial charge in [0.05, 0.1) is 5.60 Å². The number of rotatable bonds is 1. The maximum Gasteiger partial charge on any atom is 0.163 e. The molecule has 0 spiro atoms. The average Bonchev–Trinajstić information content (AvgIpc) is 2.08. The molecule has 0 bridgehead atoms. The molecule has 1 heterocycles. The molecule has 11 heavy (non-hydrogen) atoms. The Hall–Kier alpha value is -0.0800. The van der Waals surface area contributed by atoms with E-state index in [0.29, 0.717) is 5.92 Å². The van der Waals surface area contributed by atoms with Gasteiger partial charge in [0.15, 0.2) is 5.79 Å². The van der Waals surface area contributed by atoms with Gasteiger partial charge in [-0.05, 0) is 26.2 Å². The fourth-order valence-corrected chi connectivity index (χ4v) is 1.49. The lowest BCUT2D eigenvalue weighted by Gasteiger charge is -2.30. The van der Waals surface area contributed by atoms with E-state index < -0.39 is 5.79 Å². The number of aliphatic hydroxyl groups is 1. The zero-order valence-electron chi connectivity index (χ0n) is 7.85. The van der Waals surface area contributed by atoms with Crippen LogP contribution in [0, 0.1) is 5.92 Å². The molecule has 66 valence electrons. The highest BCUT2D eigenvalue weighted by atomic mass is 16.6. The third-order valence-corrected chi connectivity index (χ3v) is 2.76. The van der Waals surface area contributed by atoms with Crippen LogP contribution in [-0.2, 0) is 4.74 Å². The standard InChI is InChI=1S/C9H18O2/c1-7(2)8(3)5-6-9(4,10)11-8/h7,10H,5-6H2,1-4H3/t8-,9+/m1/s1. The predicted octanol–water partition coefficient (Wildman–Crippen LogP) is 1.92. The highest BCUT2D eigenvalue weighted by Gasteiger charge is 2.44. The fourth-order valence-electron chi connectivity index (χ4n) is 1.49. The van der Waals surface area contributed by atoms with Gasteiger partial charge in [-0.3, -0.25) is 0 Å². The fraction of sp³-hybridized carbons (Fsp3) is 1.00. The van der Waals surface area contributed by atoms with Crippen molar-refractivity contribution in [3.05, 3.63) is 0 Å². The van der Waals surface area contributed by atoms with Gasteiger partial charge in [-0.15, -0.1) is 0 Å². The van der Waals surface area contributed by atoms with Crippen molar-refractivity contribution in [3.8, 4) is 0 Å². The highest BCUT2D eigenvalue weighted by molar-refractivity contribution is 4.88. The summed E-state index contributed by atoms with van der Waals surface area (Å²) in [5.41, 5.74) is -0.122. The lowest BCUT2D eigenvalue weighted by molar-refractivity contribution is -0.217. The molecular formula is C9H18O2. The van der Waals surface area contributed by atoms with Gasteiger partial charge in [-0.1, -0.05) is 13.8 Å². The second kappa shape index (κ2) is 2.46. The summed E-state index contributed by atoms with van der Waals surface area (Å²) in [6.07, 6.45) is 1.71. The molecule has 2 nitrogen and oxygen atoms in total. The summed E-state index contributed by atoms with van der Waals surface area (Å²) in [5.74, 6) is -0.421. The van der Waals surface area contributed by atoms with E-state index in [1.54, 1.807) is 6.92 Å². The van der Waals surface area contributed by atoms with E-state index in [1.165, 1.54) is 0 Å². The lowest BCUT2D eigenvalue weighted by atomic mass is 9.89. The summed E-state index contributed by atoms with van der Waals surface area (Å²) in [7, 11) is 0. The Morgan fingerprint density at radius 1 is 1.27 bits per heavy atom. The highest BCUT2D eigenvalue weighted by Crippen LogP contribution is 2.40. The lowest BCUT2D eigenvalue weighted by Crippen LogP contribution is -2.35. The van der Waals surface area contributed by atoms with Crippen molar-refractivity contribution in [2.24, 2.45) is 5.92 Å². The number of hydrogen-bond donors (Lipinski definition) is 1. The van der Waals surface area contributed by atoms with E-state index in [1.807, 2.05) is 0 Å². The molecule has 0 aliphatic carbocycles. The Kier molecular flexibility index (Phi) is 2.01. The molecule has 0 aromatic rings. The molecule has 1 aliphatic heterocycles. The van der Waals surface area contributed by atoms with Gasteiger partial charge in [0, 0.05) is 6.42 Å². The summed E-state index contributed by atoms with van der Waals surface area (Å²) >= 11 is 0. The van der Waals surface area contributed by atoms with E-state index in [2.05, 4.69) is 20.8 Å². The van der Waals surface area contributed by atoms with Crippen LogP contribution in [0.3, 0.4) is 0 Å². The van der Waals surface area contributed by atoms with Gasteiger partial charge >= 0.3 is 0 Å². The topological polar surface area (TPSA) is 29.5 Å². The third-order valence-electron chi connectivity index (χ3n) is 2.76. The molecule has 2 atom stereocenters. The molecule has 1 saturated heterocycles. The molecule has 0 aromatic heterocycles. The maximum atomic E-state index is 9.56. The number of ether oxygens (including phenoxy) is 1. The summed E-state index contributed by atoms with van der Waals surface area (Å²) in [6.45, 7) is 8.06. The first-order valence-corrected chi connectivity index (χ1v) is 4.28. The zero-order valence-corrected chi connectivity index (χ0v) is 7.85. The molecule has 1 N–H and O–H groups in total. The first-order chi connectivity index (χ1) is 4.86. The number of hydrogen-bond acceptors (Lipinski definition) is 2. The van der Waals surface area contributed by atoms with Crippen molar-refractivity contribution >= 4 is 0 Å². The van der Waals surface area contributed by atoms with Gasteiger partial charge < -0.3 is 9.84 Å². The smallest absolute Gasteiger partial charge is 0.163 e. The van der Waals surface area contributed by atoms with E-state index in [9.17, 15) is 5.11 Å². The minimum absolute atomic E-state index is 0.122. The van der Waals surface area contributed by atoms with E-state index in [4.69, 9.17) is 4.74 Å². The molecule has 0 aromatic carbocycles. The van der Waals surface area contributed by atoms with Gasteiger partial charge in [-0.2, -0.15) is 0 Å². The normalized spacial score (nSPS) is 45.3. The van der Waals surface area contributed by atoms with Crippen molar-refractivity contribution in [1.29, 1.82) is 0 Å². The van der Waals surface area contributed by atoms with Gasteiger partial charge in [0.25, 0.3) is 0 Å². The SMILES string of the molecule is CC(C)[C@@]1(C)CC[C@@](C)(O)O1. The van der Waals surface area contributed by atoms with Crippen molar-refractivity contribution in [3.63, 3.8) is 0 Å². The third kappa shape index (κ3) is 1.74. The molecule has 0 saturated carbocycles. The van der Waals surface area contributed by atoms with Crippen molar-refractivity contribution < 1.29 is 9.84 Å². The van der Waals surface area contributed by atoms with Crippen LogP contribution in [0.15, 0.2) is 0 Å². The Balaban J connectivity index is 2.65. The minimum atomic E-state index is -0.890. The van der Waals surface area contributed by atoms with Crippen molar-refractivity contribution in [2.75, 3.05) is 0 Å². The molecule has 0 radical (unpaired) electrons. The molecule has 0 unspecified atom stereocenters. The van der Waals surface area contributed by atoms with Crippen LogP contribution in [0.2, 0.25) is 0 Å². The monoisotopic (exact) mass is 158 g/mol. The summed E-state index contributed by atoms with van der Waals surface area (Å²) in [4.78, 5) is 0. The van der Waals surface area contributed by atoms with Crippen LogP contribution in [0.5, 0.6) is 0 Å². The van der Waals surface area contributed by atoms with Gasteiger partial charge in [0.2, 0.25) is 0 Å². The Labute approximate surface area is 68.6 Å². The van der Waals surface area contributed by atoms with E-state index in [-0.39, 0.29) is 5.60 Å². The van der Waals surface area contributed by atoms with Crippen LogP contribution < -0.4 is 0 Å². The van der Waals surface area contributed by atoms with Crippen LogP contribution in [0.25, 0.3) is 0 Å². The second-order valence-electron chi connectivity index (χ2n) is 4.24. The largest absolute Gasteiger partial charge is 0.366 e. The van der Waals surface area contributed by atoms with Crippen molar-refractivity contribution in [2.45, 2.75) is 51.9 Å². The molecule has 1 fully saturated rings. The van der Waals surface area contributed by atoms with E-state index >= 15 is 0 Å². The van der Waals surface area contributed by atoms with Crippen molar-refractivity contribution in [1.82, 2.24) is 0 Å². The quantitative estimate of drug-likeness (QED) is 0.631. The minimum Gasteiger partial charge on any atom is -0.366 e. The van der Waals surface area contributed by atoms with Crippen LogP contribution in [-0.4, -0.2) is 16.5 Å². The zero-order chi connectivity index (χ0) is 8.70. The molecule has 0 amide bonds. The molecule has 1 aliphatic rings. The first-order valence-electron chi connectivity index (χ1n) is 4.28. The van der Waals surface area contributed by atoms with Crippen LogP contribution in [0.4, 0.5) is 0 Å². The van der Waals surface area contributed by atoms with Crippen LogP contribution >= 0.6 is 0 Å². The Morgan fingerprint density at radius 2 is 1.82 bits per heavy atom. The summed E-state index contributed by atoms with van der Waals surface area (Å²) < 4.78 is 5.55. The summed E-state index contributed by atoms with van der Waals surface area (Å²) in [5, 5.41) is 9.56. The molecular weight excluding hydrogens is 140 g/mol. The Bertz CT molecular complexity index is 152. The molecule has 1 rings (SSSR count). The molecule has 2 heteroatoms. The summed E-state index contributed by atoms with van der Waals surface area (Å²) in [6, 6.07) is 0. The van der Waals surface area contributed by atoms with Gasteiger partial charge in [0.1, 0.15) is 0 Å².